The van der Waals surface area contributed by atoms with Crippen LogP contribution in [-0.4, -0.2) is 28.2 Å². The number of hydrogen-bond donors (Lipinski definition) is 2. The minimum absolute atomic E-state index is 0.0375. The lowest BCUT2D eigenvalue weighted by atomic mass is 9.83. The molecule has 0 saturated carbocycles. The summed E-state index contributed by atoms with van der Waals surface area (Å²) in [4.78, 5) is 0.0417. The highest BCUT2D eigenvalue weighted by molar-refractivity contribution is 7.89. The SMILES string of the molecule is CC1(CNS(=O)(=O)c2ccc(F)c(CN)c2)CCOCC1. The first-order valence-corrected chi connectivity index (χ1v) is 8.41. The predicted octanol–water partition coefficient (Wildman–Crippen LogP) is 1.38. The second-order valence-electron chi connectivity index (χ2n) is 5.70. The molecule has 0 aromatic heterocycles. The lowest BCUT2D eigenvalue weighted by molar-refractivity contribution is 0.0264. The van der Waals surface area contributed by atoms with Crippen molar-refractivity contribution in [2.75, 3.05) is 19.8 Å². The van der Waals surface area contributed by atoms with Crippen molar-refractivity contribution in [3.63, 3.8) is 0 Å². The predicted molar refractivity (Wildman–Crippen MR) is 77.6 cm³/mol. The molecule has 1 aliphatic heterocycles. The Morgan fingerprint density at radius 2 is 2.05 bits per heavy atom. The molecule has 7 heteroatoms. The fourth-order valence-electron chi connectivity index (χ4n) is 2.27. The standard InChI is InChI=1S/C14H21FN2O3S/c1-14(4-6-20-7-5-14)10-17-21(18,19)12-2-3-13(15)11(8-12)9-16/h2-3,8,17H,4-7,9-10,16H2,1H3. The Bertz CT molecular complexity index is 598. The molecule has 0 bridgehead atoms. The van der Waals surface area contributed by atoms with Crippen molar-refractivity contribution >= 4 is 10.0 Å². The van der Waals surface area contributed by atoms with Crippen molar-refractivity contribution in [2.45, 2.75) is 31.2 Å². The van der Waals surface area contributed by atoms with Crippen LogP contribution in [0.2, 0.25) is 0 Å². The molecule has 1 fully saturated rings. The number of nitrogens with one attached hydrogen (secondary N) is 1. The highest BCUT2D eigenvalue weighted by Crippen LogP contribution is 2.29. The fourth-order valence-corrected chi connectivity index (χ4v) is 3.52. The van der Waals surface area contributed by atoms with E-state index in [1.165, 1.54) is 12.1 Å². The smallest absolute Gasteiger partial charge is 0.240 e. The van der Waals surface area contributed by atoms with Gasteiger partial charge in [-0.1, -0.05) is 6.92 Å². The molecule has 1 aliphatic rings. The molecular weight excluding hydrogens is 295 g/mol. The molecule has 1 aromatic rings. The van der Waals surface area contributed by atoms with Crippen molar-refractivity contribution in [3.8, 4) is 0 Å². The van der Waals surface area contributed by atoms with Gasteiger partial charge >= 0.3 is 0 Å². The van der Waals surface area contributed by atoms with Gasteiger partial charge in [-0.15, -0.1) is 0 Å². The third-order valence-corrected chi connectivity index (χ3v) is 5.34. The Balaban J connectivity index is 2.11. The average Bonchev–Trinajstić information content (AvgIpc) is 2.46. The van der Waals surface area contributed by atoms with Crippen LogP contribution in [0.3, 0.4) is 0 Å². The van der Waals surface area contributed by atoms with Gasteiger partial charge in [-0.3, -0.25) is 0 Å². The molecule has 1 heterocycles. The summed E-state index contributed by atoms with van der Waals surface area (Å²) in [6, 6.07) is 3.67. The topological polar surface area (TPSA) is 81.4 Å². The Morgan fingerprint density at radius 1 is 1.38 bits per heavy atom. The van der Waals surface area contributed by atoms with Gasteiger partial charge in [0, 0.05) is 31.9 Å². The Morgan fingerprint density at radius 3 is 2.67 bits per heavy atom. The second kappa shape index (κ2) is 6.39. The Labute approximate surface area is 124 Å². The van der Waals surface area contributed by atoms with E-state index in [9.17, 15) is 12.8 Å². The van der Waals surface area contributed by atoms with Gasteiger partial charge in [0.25, 0.3) is 0 Å². The van der Waals surface area contributed by atoms with Crippen molar-refractivity contribution in [2.24, 2.45) is 11.1 Å². The number of halogens is 1. The molecular formula is C14H21FN2O3S. The minimum Gasteiger partial charge on any atom is -0.381 e. The summed E-state index contributed by atoms with van der Waals surface area (Å²) < 4.78 is 45.9. The summed E-state index contributed by atoms with van der Waals surface area (Å²) in [5, 5.41) is 0. The van der Waals surface area contributed by atoms with Crippen LogP contribution < -0.4 is 10.5 Å². The van der Waals surface area contributed by atoms with Crippen LogP contribution in [-0.2, 0) is 21.3 Å². The maximum atomic E-state index is 13.4. The monoisotopic (exact) mass is 316 g/mol. The van der Waals surface area contributed by atoms with Gasteiger partial charge in [0.2, 0.25) is 10.0 Å². The first-order valence-electron chi connectivity index (χ1n) is 6.92. The van der Waals surface area contributed by atoms with Crippen molar-refractivity contribution in [1.29, 1.82) is 0 Å². The van der Waals surface area contributed by atoms with Crippen LogP contribution in [0, 0.1) is 11.2 Å². The summed E-state index contributed by atoms with van der Waals surface area (Å²) in [6.07, 6.45) is 1.62. The van der Waals surface area contributed by atoms with Crippen LogP contribution in [0.15, 0.2) is 23.1 Å². The molecule has 0 amide bonds. The molecule has 0 aliphatic carbocycles. The lowest BCUT2D eigenvalue weighted by Crippen LogP contribution is -2.39. The van der Waals surface area contributed by atoms with Crippen LogP contribution >= 0.6 is 0 Å². The number of nitrogens with two attached hydrogens (primary N) is 1. The highest BCUT2D eigenvalue weighted by Gasteiger charge is 2.29. The number of benzene rings is 1. The number of rotatable bonds is 5. The summed E-state index contributed by atoms with van der Waals surface area (Å²) in [5.41, 5.74) is 5.49. The van der Waals surface area contributed by atoms with E-state index < -0.39 is 15.8 Å². The zero-order chi connectivity index (χ0) is 15.5. The minimum atomic E-state index is -3.66. The number of hydrogen-bond acceptors (Lipinski definition) is 4. The lowest BCUT2D eigenvalue weighted by Gasteiger charge is -2.33. The normalized spacial score (nSPS) is 18.6. The van der Waals surface area contributed by atoms with Gasteiger partial charge in [-0.25, -0.2) is 17.5 Å². The zero-order valence-corrected chi connectivity index (χ0v) is 12.9. The highest BCUT2D eigenvalue weighted by atomic mass is 32.2. The Hall–Kier alpha value is -1.02. The maximum Gasteiger partial charge on any atom is 0.240 e. The molecule has 5 nitrogen and oxygen atoms in total. The molecule has 0 spiro atoms. The molecule has 1 saturated heterocycles. The van der Waals surface area contributed by atoms with Gasteiger partial charge in [0.05, 0.1) is 4.90 Å². The van der Waals surface area contributed by atoms with E-state index in [0.29, 0.717) is 19.8 Å². The summed E-state index contributed by atoms with van der Waals surface area (Å²) in [5.74, 6) is -0.493. The van der Waals surface area contributed by atoms with Crippen LogP contribution in [0.4, 0.5) is 4.39 Å². The second-order valence-corrected chi connectivity index (χ2v) is 7.47. The van der Waals surface area contributed by atoms with E-state index >= 15 is 0 Å². The summed E-state index contributed by atoms with van der Waals surface area (Å²) >= 11 is 0. The first-order chi connectivity index (χ1) is 9.86. The molecule has 0 atom stereocenters. The van der Waals surface area contributed by atoms with E-state index in [0.717, 1.165) is 18.9 Å². The van der Waals surface area contributed by atoms with Gasteiger partial charge in [0.1, 0.15) is 5.82 Å². The van der Waals surface area contributed by atoms with Crippen LogP contribution in [0.1, 0.15) is 25.3 Å². The molecule has 0 radical (unpaired) electrons. The molecule has 21 heavy (non-hydrogen) atoms. The van der Waals surface area contributed by atoms with Gasteiger partial charge in [-0.2, -0.15) is 0 Å². The molecule has 0 unspecified atom stereocenters. The van der Waals surface area contributed by atoms with E-state index in [4.69, 9.17) is 10.5 Å². The van der Waals surface area contributed by atoms with Crippen LogP contribution in [0.25, 0.3) is 0 Å². The fraction of sp³-hybridized carbons (Fsp3) is 0.571. The molecule has 1 aromatic carbocycles. The third-order valence-electron chi connectivity index (χ3n) is 3.94. The summed E-state index contributed by atoms with van der Waals surface area (Å²) in [7, 11) is -3.66. The van der Waals surface area contributed by atoms with E-state index in [2.05, 4.69) is 4.72 Å². The summed E-state index contributed by atoms with van der Waals surface area (Å²) in [6.45, 7) is 3.63. The van der Waals surface area contributed by atoms with Crippen LogP contribution in [0.5, 0.6) is 0 Å². The van der Waals surface area contributed by atoms with Gasteiger partial charge in [-0.05, 0) is 36.5 Å². The largest absolute Gasteiger partial charge is 0.381 e. The van der Waals surface area contributed by atoms with Crippen molar-refractivity contribution in [3.05, 3.63) is 29.6 Å². The molecule has 118 valence electrons. The Kier molecular flexibility index (Phi) is 4.98. The van der Waals surface area contributed by atoms with Gasteiger partial charge < -0.3 is 10.5 Å². The first kappa shape index (κ1) is 16.4. The zero-order valence-electron chi connectivity index (χ0n) is 12.1. The van der Waals surface area contributed by atoms with E-state index in [-0.39, 0.29) is 22.4 Å². The number of sulfonamides is 1. The third kappa shape index (κ3) is 4.00. The quantitative estimate of drug-likeness (QED) is 0.860. The van der Waals surface area contributed by atoms with E-state index in [1.54, 1.807) is 0 Å². The molecule has 3 N–H and O–H groups in total. The van der Waals surface area contributed by atoms with E-state index in [1.807, 2.05) is 6.92 Å². The number of ether oxygens (including phenoxy) is 1. The van der Waals surface area contributed by atoms with Crippen molar-refractivity contribution in [1.82, 2.24) is 4.72 Å². The average molecular weight is 316 g/mol. The molecule has 2 rings (SSSR count). The maximum absolute atomic E-state index is 13.4. The van der Waals surface area contributed by atoms with Crippen molar-refractivity contribution < 1.29 is 17.5 Å². The van der Waals surface area contributed by atoms with Gasteiger partial charge in [0.15, 0.2) is 0 Å².